The molecule has 2 heteroatoms. The molecule has 2 aliphatic rings. The van der Waals surface area contributed by atoms with Crippen molar-refractivity contribution in [3.63, 3.8) is 0 Å². The Kier molecular flexibility index (Phi) is 3.17. The minimum atomic E-state index is 0.0278. The third kappa shape index (κ3) is 2.33. The molecule has 3 atom stereocenters. The second kappa shape index (κ2) is 5.18. The number of esters is 1. The van der Waals surface area contributed by atoms with Crippen LogP contribution in [0.3, 0.4) is 0 Å². The number of hydrogen-bond acceptors (Lipinski definition) is 2. The van der Waals surface area contributed by atoms with Crippen molar-refractivity contribution < 1.29 is 9.53 Å². The normalized spacial score (nSPS) is 28.4. The van der Waals surface area contributed by atoms with Crippen molar-refractivity contribution in [3.8, 4) is 0 Å². The van der Waals surface area contributed by atoms with Gasteiger partial charge in [-0.2, -0.15) is 0 Å². The van der Waals surface area contributed by atoms with Crippen LogP contribution < -0.4 is 0 Å². The van der Waals surface area contributed by atoms with Crippen molar-refractivity contribution in [2.24, 2.45) is 11.8 Å². The molecular weight excluding hydrogens is 260 g/mol. The van der Waals surface area contributed by atoms with E-state index >= 15 is 0 Å². The molecule has 2 aromatic rings. The zero-order chi connectivity index (χ0) is 14.2. The fraction of sp³-hybridized carbons (Fsp3) is 0.421. The summed E-state index contributed by atoms with van der Waals surface area (Å²) in [5.74, 6) is 0.536. The Bertz CT molecular complexity index is 676. The number of carbonyl (C=O) groups excluding carboxylic acids is 1. The molecule has 4 rings (SSSR count). The van der Waals surface area contributed by atoms with Crippen LogP contribution >= 0.6 is 0 Å². The minimum absolute atomic E-state index is 0.0278. The lowest BCUT2D eigenvalue weighted by Gasteiger charge is -2.25. The van der Waals surface area contributed by atoms with E-state index in [1.165, 1.54) is 29.2 Å². The first-order valence-corrected chi connectivity index (χ1v) is 7.99. The van der Waals surface area contributed by atoms with Crippen LogP contribution in [0.2, 0.25) is 0 Å². The average molecular weight is 280 g/mol. The summed E-state index contributed by atoms with van der Waals surface area (Å²) in [6, 6.07) is 14.9. The van der Waals surface area contributed by atoms with Crippen molar-refractivity contribution in [1.82, 2.24) is 0 Å². The quantitative estimate of drug-likeness (QED) is 0.774. The van der Waals surface area contributed by atoms with E-state index in [0.29, 0.717) is 5.92 Å². The van der Waals surface area contributed by atoms with Crippen molar-refractivity contribution in [1.29, 1.82) is 0 Å². The number of rotatable bonds is 2. The smallest absolute Gasteiger partial charge is 0.309 e. The van der Waals surface area contributed by atoms with E-state index in [-0.39, 0.29) is 18.0 Å². The minimum Gasteiger partial charge on any atom is -0.462 e. The van der Waals surface area contributed by atoms with Gasteiger partial charge in [0.05, 0.1) is 5.92 Å². The molecular formula is C19H20O2. The summed E-state index contributed by atoms with van der Waals surface area (Å²) in [5, 5.41) is 2.51. The maximum Gasteiger partial charge on any atom is 0.309 e. The predicted octanol–water partition coefficient (Wildman–Crippen LogP) is 4.11. The second-order valence-corrected chi connectivity index (χ2v) is 6.42. The van der Waals surface area contributed by atoms with Gasteiger partial charge >= 0.3 is 5.97 Å². The van der Waals surface area contributed by atoms with Crippen LogP contribution in [0.5, 0.6) is 0 Å². The molecule has 108 valence electrons. The van der Waals surface area contributed by atoms with Gasteiger partial charge in [0, 0.05) is 5.92 Å². The lowest BCUT2D eigenvalue weighted by atomic mass is 9.77. The van der Waals surface area contributed by atoms with Crippen molar-refractivity contribution in [3.05, 3.63) is 48.0 Å². The fourth-order valence-corrected chi connectivity index (χ4v) is 4.00. The van der Waals surface area contributed by atoms with Gasteiger partial charge in [0.2, 0.25) is 0 Å². The molecule has 0 aromatic heterocycles. The third-order valence-corrected chi connectivity index (χ3v) is 5.11. The maximum absolute atomic E-state index is 12.2. The molecule has 0 N–H and O–H groups in total. The first-order valence-electron chi connectivity index (χ1n) is 7.99. The molecule has 3 unspecified atom stereocenters. The summed E-state index contributed by atoms with van der Waals surface area (Å²) in [6.45, 7) is 0. The standard InChI is InChI=1S/C19H20O2/c20-19-17(16-7-3-4-8-18(16)21-19)12-13-9-10-14-5-1-2-6-15(14)11-13/h1-2,5-6,9-11,16-18H,3-4,7-8,12H2. The fourth-order valence-electron chi connectivity index (χ4n) is 4.00. The summed E-state index contributed by atoms with van der Waals surface area (Å²) >= 11 is 0. The van der Waals surface area contributed by atoms with Gasteiger partial charge < -0.3 is 4.74 Å². The molecule has 1 saturated heterocycles. The Morgan fingerprint density at radius 3 is 2.71 bits per heavy atom. The molecule has 2 nitrogen and oxygen atoms in total. The Morgan fingerprint density at radius 2 is 1.81 bits per heavy atom. The lowest BCUT2D eigenvalue weighted by molar-refractivity contribution is -0.144. The van der Waals surface area contributed by atoms with E-state index in [9.17, 15) is 4.79 Å². The number of hydrogen-bond donors (Lipinski definition) is 0. The average Bonchev–Trinajstić information content (AvgIpc) is 2.83. The molecule has 0 spiro atoms. The van der Waals surface area contributed by atoms with Crippen LogP contribution in [0.1, 0.15) is 31.2 Å². The van der Waals surface area contributed by atoms with Gasteiger partial charge in [-0.1, -0.05) is 48.9 Å². The van der Waals surface area contributed by atoms with Crippen molar-refractivity contribution >= 4 is 16.7 Å². The molecule has 2 aromatic carbocycles. The molecule has 1 saturated carbocycles. The highest BCUT2D eigenvalue weighted by atomic mass is 16.6. The molecule has 0 bridgehead atoms. The van der Waals surface area contributed by atoms with Crippen LogP contribution in [0.4, 0.5) is 0 Å². The van der Waals surface area contributed by atoms with Gasteiger partial charge in [0.15, 0.2) is 0 Å². The summed E-state index contributed by atoms with van der Waals surface area (Å²) in [4.78, 5) is 12.2. The Balaban J connectivity index is 1.60. The topological polar surface area (TPSA) is 26.3 Å². The molecule has 1 aliphatic carbocycles. The number of benzene rings is 2. The van der Waals surface area contributed by atoms with E-state index in [1.807, 2.05) is 0 Å². The summed E-state index contributed by atoms with van der Waals surface area (Å²) in [6.07, 6.45) is 5.67. The Labute approximate surface area is 125 Å². The van der Waals surface area contributed by atoms with Crippen LogP contribution in [0.15, 0.2) is 42.5 Å². The molecule has 21 heavy (non-hydrogen) atoms. The lowest BCUT2D eigenvalue weighted by Crippen LogP contribution is -2.25. The first-order chi connectivity index (χ1) is 10.3. The van der Waals surface area contributed by atoms with E-state index in [4.69, 9.17) is 4.74 Å². The Hall–Kier alpha value is -1.83. The van der Waals surface area contributed by atoms with Gasteiger partial charge in [-0.25, -0.2) is 0 Å². The highest BCUT2D eigenvalue weighted by Gasteiger charge is 2.44. The van der Waals surface area contributed by atoms with Gasteiger partial charge in [0.25, 0.3) is 0 Å². The second-order valence-electron chi connectivity index (χ2n) is 6.42. The molecule has 0 amide bonds. The largest absolute Gasteiger partial charge is 0.462 e. The summed E-state index contributed by atoms with van der Waals surface area (Å²) < 4.78 is 5.60. The molecule has 1 heterocycles. The van der Waals surface area contributed by atoms with Crippen molar-refractivity contribution in [2.45, 2.75) is 38.2 Å². The predicted molar refractivity (Wildman–Crippen MR) is 83.0 cm³/mol. The zero-order valence-electron chi connectivity index (χ0n) is 12.1. The van der Waals surface area contributed by atoms with Crippen LogP contribution in [0.25, 0.3) is 10.8 Å². The summed E-state index contributed by atoms with van der Waals surface area (Å²) in [5.41, 5.74) is 1.25. The van der Waals surface area contributed by atoms with Crippen LogP contribution in [0, 0.1) is 11.8 Å². The van der Waals surface area contributed by atoms with Crippen molar-refractivity contribution in [2.75, 3.05) is 0 Å². The van der Waals surface area contributed by atoms with Crippen LogP contribution in [-0.4, -0.2) is 12.1 Å². The highest BCUT2D eigenvalue weighted by molar-refractivity contribution is 5.83. The zero-order valence-corrected chi connectivity index (χ0v) is 12.1. The van der Waals surface area contributed by atoms with Gasteiger partial charge in [-0.15, -0.1) is 0 Å². The van der Waals surface area contributed by atoms with Gasteiger partial charge in [0.1, 0.15) is 6.10 Å². The van der Waals surface area contributed by atoms with Gasteiger partial charge in [-0.3, -0.25) is 4.79 Å². The van der Waals surface area contributed by atoms with E-state index in [1.54, 1.807) is 0 Å². The number of ether oxygens (including phenoxy) is 1. The Morgan fingerprint density at radius 1 is 1.00 bits per heavy atom. The van der Waals surface area contributed by atoms with E-state index in [2.05, 4.69) is 42.5 Å². The third-order valence-electron chi connectivity index (χ3n) is 5.11. The van der Waals surface area contributed by atoms with Gasteiger partial charge in [-0.05, 0) is 42.0 Å². The first kappa shape index (κ1) is 12.9. The van der Waals surface area contributed by atoms with Crippen LogP contribution in [-0.2, 0) is 16.0 Å². The monoisotopic (exact) mass is 280 g/mol. The maximum atomic E-state index is 12.2. The van der Waals surface area contributed by atoms with E-state index in [0.717, 1.165) is 19.3 Å². The van der Waals surface area contributed by atoms with E-state index < -0.39 is 0 Å². The molecule has 2 fully saturated rings. The molecule has 0 radical (unpaired) electrons. The SMILES string of the molecule is O=C1OC2CCCCC2C1Cc1ccc2ccccc2c1. The number of carbonyl (C=O) groups is 1. The molecule has 1 aliphatic heterocycles. The summed E-state index contributed by atoms with van der Waals surface area (Å²) in [7, 11) is 0. The number of fused-ring (bicyclic) bond motifs is 2. The highest BCUT2D eigenvalue weighted by Crippen LogP contribution is 2.40.